The molecular formula is C17H25NO. The highest BCUT2D eigenvalue weighted by Crippen LogP contribution is 2.25. The van der Waals surface area contributed by atoms with Crippen molar-refractivity contribution >= 4 is 5.91 Å². The number of nitrogens with zero attached hydrogens (tertiary/aromatic N) is 1. The van der Waals surface area contributed by atoms with Crippen molar-refractivity contribution in [2.75, 3.05) is 13.1 Å². The Kier molecular flexibility index (Phi) is 5.81. The summed E-state index contributed by atoms with van der Waals surface area (Å²) >= 11 is 0. The fourth-order valence-corrected chi connectivity index (χ4v) is 2.34. The number of rotatable bonds is 6. The average Bonchev–Trinajstić information content (AvgIpc) is 2.40. The number of amides is 1. The second-order valence-electron chi connectivity index (χ2n) is 4.99. The Morgan fingerprint density at radius 3 is 2.53 bits per heavy atom. The molecule has 0 saturated carbocycles. The molecule has 0 radical (unpaired) electrons. The van der Waals surface area contributed by atoms with Gasteiger partial charge in [0.2, 0.25) is 0 Å². The van der Waals surface area contributed by atoms with Crippen LogP contribution in [0.1, 0.15) is 54.6 Å². The lowest BCUT2D eigenvalue weighted by Crippen LogP contribution is -2.31. The zero-order valence-corrected chi connectivity index (χ0v) is 12.6. The summed E-state index contributed by atoms with van der Waals surface area (Å²) in [6, 6.07) is 6.17. The normalized spacial score (nSPS) is 12.0. The Bertz CT molecular complexity index is 447. The number of hydrogen-bond donors (Lipinski definition) is 0. The van der Waals surface area contributed by atoms with Gasteiger partial charge in [0.15, 0.2) is 0 Å². The molecule has 104 valence electrons. The Labute approximate surface area is 117 Å². The summed E-state index contributed by atoms with van der Waals surface area (Å²) in [6.45, 7) is 13.5. The van der Waals surface area contributed by atoms with Crippen LogP contribution < -0.4 is 0 Å². The van der Waals surface area contributed by atoms with Crippen LogP contribution in [0.25, 0.3) is 0 Å². The van der Waals surface area contributed by atoms with Crippen LogP contribution in [-0.2, 0) is 0 Å². The fourth-order valence-electron chi connectivity index (χ4n) is 2.34. The van der Waals surface area contributed by atoms with Crippen molar-refractivity contribution < 1.29 is 4.79 Å². The van der Waals surface area contributed by atoms with Crippen molar-refractivity contribution in [1.82, 2.24) is 4.90 Å². The van der Waals surface area contributed by atoms with Gasteiger partial charge in [-0.15, -0.1) is 6.58 Å². The summed E-state index contributed by atoms with van der Waals surface area (Å²) in [7, 11) is 0. The highest BCUT2D eigenvalue weighted by atomic mass is 16.2. The van der Waals surface area contributed by atoms with Crippen molar-refractivity contribution in [2.45, 2.75) is 40.0 Å². The molecule has 0 aliphatic rings. The lowest BCUT2D eigenvalue weighted by atomic mass is 9.91. The molecule has 1 atom stereocenters. The minimum atomic E-state index is 0.139. The van der Waals surface area contributed by atoms with Crippen molar-refractivity contribution in [2.24, 2.45) is 0 Å². The summed E-state index contributed by atoms with van der Waals surface area (Å²) in [5.74, 6) is 0.465. The Balaban J connectivity index is 3.20. The van der Waals surface area contributed by atoms with Gasteiger partial charge in [-0.3, -0.25) is 4.79 Å². The van der Waals surface area contributed by atoms with Crippen molar-refractivity contribution in [1.29, 1.82) is 0 Å². The van der Waals surface area contributed by atoms with Gasteiger partial charge in [-0.25, -0.2) is 0 Å². The third kappa shape index (κ3) is 3.69. The van der Waals surface area contributed by atoms with Crippen LogP contribution >= 0.6 is 0 Å². The maximum Gasteiger partial charge on any atom is 0.254 e. The van der Waals surface area contributed by atoms with Crippen LogP contribution in [0.15, 0.2) is 30.9 Å². The zero-order valence-electron chi connectivity index (χ0n) is 12.6. The summed E-state index contributed by atoms with van der Waals surface area (Å²) in [5, 5.41) is 0. The second kappa shape index (κ2) is 7.13. The molecule has 2 nitrogen and oxygen atoms in total. The third-order valence-corrected chi connectivity index (χ3v) is 3.54. The van der Waals surface area contributed by atoms with Crippen molar-refractivity contribution in [3.05, 3.63) is 47.5 Å². The molecule has 1 aromatic carbocycles. The minimum absolute atomic E-state index is 0.139. The van der Waals surface area contributed by atoms with E-state index in [4.69, 9.17) is 0 Å². The highest BCUT2D eigenvalue weighted by molar-refractivity contribution is 5.96. The van der Waals surface area contributed by atoms with Gasteiger partial charge in [-0.2, -0.15) is 0 Å². The van der Waals surface area contributed by atoms with E-state index in [1.165, 1.54) is 0 Å². The van der Waals surface area contributed by atoms with Crippen LogP contribution in [0.2, 0.25) is 0 Å². The largest absolute Gasteiger partial charge is 0.339 e. The topological polar surface area (TPSA) is 20.3 Å². The number of benzene rings is 1. The minimum Gasteiger partial charge on any atom is -0.339 e. The quantitative estimate of drug-likeness (QED) is 0.703. The monoisotopic (exact) mass is 259 g/mol. The van der Waals surface area contributed by atoms with E-state index in [1.54, 1.807) is 0 Å². The first-order valence-electron chi connectivity index (χ1n) is 7.05. The van der Waals surface area contributed by atoms with E-state index < -0.39 is 0 Å². The van der Waals surface area contributed by atoms with E-state index >= 15 is 0 Å². The molecular weight excluding hydrogens is 234 g/mol. The fraction of sp³-hybridized carbons (Fsp3) is 0.471. The summed E-state index contributed by atoms with van der Waals surface area (Å²) in [4.78, 5) is 14.5. The molecule has 0 bridgehead atoms. The van der Waals surface area contributed by atoms with Crippen LogP contribution in [0.5, 0.6) is 0 Å². The van der Waals surface area contributed by atoms with E-state index in [2.05, 4.69) is 25.6 Å². The second-order valence-corrected chi connectivity index (χ2v) is 4.99. The Morgan fingerprint density at radius 1 is 1.37 bits per heavy atom. The molecule has 0 fully saturated rings. The molecule has 0 spiro atoms. The number of aryl methyl sites for hydroxylation is 1. The van der Waals surface area contributed by atoms with E-state index in [-0.39, 0.29) is 5.91 Å². The van der Waals surface area contributed by atoms with E-state index in [9.17, 15) is 4.79 Å². The zero-order chi connectivity index (χ0) is 14.4. The Morgan fingerprint density at radius 2 is 2.00 bits per heavy atom. The maximum atomic E-state index is 12.6. The van der Waals surface area contributed by atoms with Gasteiger partial charge in [-0.05, 0) is 44.7 Å². The Hall–Kier alpha value is -1.57. The van der Waals surface area contributed by atoms with E-state index in [0.29, 0.717) is 5.92 Å². The van der Waals surface area contributed by atoms with Crippen LogP contribution in [0, 0.1) is 6.92 Å². The number of allylic oxidation sites excluding steroid dienone is 1. The highest BCUT2D eigenvalue weighted by Gasteiger charge is 2.19. The van der Waals surface area contributed by atoms with E-state index in [0.717, 1.165) is 36.2 Å². The lowest BCUT2D eigenvalue weighted by Gasteiger charge is -2.22. The molecule has 0 heterocycles. The maximum absolute atomic E-state index is 12.6. The first-order chi connectivity index (χ1) is 9.04. The first-order valence-corrected chi connectivity index (χ1v) is 7.05. The SMILES string of the molecule is C=CCC(C)c1ccc(C)cc1C(=O)N(CC)CC. The van der Waals surface area contributed by atoms with Crippen LogP contribution in [0.3, 0.4) is 0 Å². The van der Waals surface area contributed by atoms with Gasteiger partial charge in [0.1, 0.15) is 0 Å². The number of carbonyl (C=O) groups is 1. The van der Waals surface area contributed by atoms with Gasteiger partial charge in [0, 0.05) is 18.7 Å². The molecule has 0 aromatic heterocycles. The van der Waals surface area contributed by atoms with Crippen LogP contribution in [-0.4, -0.2) is 23.9 Å². The van der Waals surface area contributed by atoms with Crippen molar-refractivity contribution in [3.8, 4) is 0 Å². The molecule has 1 unspecified atom stereocenters. The molecule has 1 aromatic rings. The molecule has 1 rings (SSSR count). The van der Waals surface area contributed by atoms with Gasteiger partial charge in [0.25, 0.3) is 5.91 Å². The number of carbonyl (C=O) groups excluding carboxylic acids is 1. The average molecular weight is 259 g/mol. The third-order valence-electron chi connectivity index (χ3n) is 3.54. The molecule has 2 heteroatoms. The summed E-state index contributed by atoms with van der Waals surface area (Å²) in [5.41, 5.74) is 3.10. The molecule has 19 heavy (non-hydrogen) atoms. The van der Waals surface area contributed by atoms with Gasteiger partial charge in [-0.1, -0.05) is 30.7 Å². The van der Waals surface area contributed by atoms with Gasteiger partial charge in [0.05, 0.1) is 0 Å². The summed E-state index contributed by atoms with van der Waals surface area (Å²) < 4.78 is 0. The lowest BCUT2D eigenvalue weighted by molar-refractivity contribution is 0.0771. The summed E-state index contributed by atoms with van der Waals surface area (Å²) in [6.07, 6.45) is 2.80. The standard InChI is InChI=1S/C17H25NO/c1-6-9-14(5)15-11-10-13(4)12-16(15)17(19)18(7-2)8-3/h6,10-12,14H,1,7-9H2,2-5H3. The predicted octanol–water partition coefficient (Wildman–Crippen LogP) is 4.16. The molecule has 0 saturated heterocycles. The van der Waals surface area contributed by atoms with Crippen molar-refractivity contribution in [3.63, 3.8) is 0 Å². The van der Waals surface area contributed by atoms with Crippen LogP contribution in [0.4, 0.5) is 0 Å². The van der Waals surface area contributed by atoms with E-state index in [1.807, 2.05) is 37.8 Å². The molecule has 0 aliphatic heterocycles. The van der Waals surface area contributed by atoms with Gasteiger partial charge < -0.3 is 4.90 Å². The predicted molar refractivity (Wildman–Crippen MR) is 81.7 cm³/mol. The first kappa shape index (κ1) is 15.5. The smallest absolute Gasteiger partial charge is 0.254 e. The van der Waals surface area contributed by atoms with Gasteiger partial charge >= 0.3 is 0 Å². The molecule has 0 aliphatic carbocycles. The molecule has 1 amide bonds. The molecule has 0 N–H and O–H groups in total. The number of hydrogen-bond acceptors (Lipinski definition) is 1.